The maximum absolute atomic E-state index is 5.74. The van der Waals surface area contributed by atoms with Gasteiger partial charge in [0.15, 0.2) is 11.5 Å². The first kappa shape index (κ1) is 18.0. The van der Waals surface area contributed by atoms with Gasteiger partial charge in [0.25, 0.3) is 0 Å². The molecule has 0 amide bonds. The Morgan fingerprint density at radius 2 is 1.63 bits per heavy atom. The second-order valence-corrected chi connectivity index (χ2v) is 7.29. The van der Waals surface area contributed by atoms with Crippen molar-refractivity contribution in [3.8, 4) is 23.0 Å². The summed E-state index contributed by atoms with van der Waals surface area (Å²) in [5.41, 5.74) is 5.25. The van der Waals surface area contributed by atoms with Gasteiger partial charge in [-0.25, -0.2) is 0 Å². The third-order valence-corrected chi connectivity index (χ3v) is 5.97. The van der Waals surface area contributed by atoms with Crippen LogP contribution in [-0.4, -0.2) is 39.4 Å². The zero-order valence-corrected chi connectivity index (χ0v) is 16.7. The number of ether oxygens (including phenoxy) is 4. The molecule has 0 saturated heterocycles. The van der Waals surface area contributed by atoms with Gasteiger partial charge >= 0.3 is 0 Å². The highest BCUT2D eigenvalue weighted by molar-refractivity contribution is 5.60. The van der Waals surface area contributed by atoms with E-state index in [1.807, 2.05) is 0 Å². The largest absolute Gasteiger partial charge is 0.497 e. The van der Waals surface area contributed by atoms with Gasteiger partial charge in [-0.15, -0.1) is 0 Å². The molecule has 2 unspecified atom stereocenters. The fourth-order valence-electron chi connectivity index (χ4n) is 4.64. The van der Waals surface area contributed by atoms with Crippen LogP contribution in [0.4, 0.5) is 0 Å². The number of benzene rings is 2. The molecule has 0 spiro atoms. The molecule has 0 radical (unpaired) electrons. The molecule has 2 aromatic rings. The standard InChI is InChI=1S/C22H27NO4/c1-13-8-14-9-16(24-2)6-7-17(14)19-10-15-11-20(25-3)22(27-5)21(26-4)18(15)12-23(13)19/h6-7,9,11,13,19H,8,10,12H2,1-5H3. The van der Waals surface area contributed by atoms with E-state index in [9.17, 15) is 0 Å². The first-order valence-corrected chi connectivity index (χ1v) is 9.34. The Labute approximate surface area is 160 Å². The molecule has 2 atom stereocenters. The number of hydrogen-bond acceptors (Lipinski definition) is 5. The van der Waals surface area contributed by atoms with Crippen LogP contribution in [0.15, 0.2) is 24.3 Å². The van der Waals surface area contributed by atoms with E-state index in [0.717, 1.165) is 36.6 Å². The Hall–Kier alpha value is -2.40. The summed E-state index contributed by atoms with van der Waals surface area (Å²) in [4.78, 5) is 2.57. The summed E-state index contributed by atoms with van der Waals surface area (Å²) in [7, 11) is 6.75. The van der Waals surface area contributed by atoms with E-state index in [2.05, 4.69) is 36.1 Å². The average molecular weight is 369 g/mol. The van der Waals surface area contributed by atoms with Crippen LogP contribution >= 0.6 is 0 Å². The molecule has 0 fully saturated rings. The van der Waals surface area contributed by atoms with E-state index >= 15 is 0 Å². The van der Waals surface area contributed by atoms with Gasteiger partial charge in [0.1, 0.15) is 5.75 Å². The molecule has 2 heterocycles. The minimum Gasteiger partial charge on any atom is -0.497 e. The van der Waals surface area contributed by atoms with E-state index < -0.39 is 0 Å². The molecule has 2 aromatic carbocycles. The topological polar surface area (TPSA) is 40.2 Å². The summed E-state index contributed by atoms with van der Waals surface area (Å²) in [6.07, 6.45) is 1.95. The summed E-state index contributed by atoms with van der Waals surface area (Å²) >= 11 is 0. The van der Waals surface area contributed by atoms with Crippen LogP contribution in [0.3, 0.4) is 0 Å². The predicted molar refractivity (Wildman–Crippen MR) is 104 cm³/mol. The first-order valence-electron chi connectivity index (χ1n) is 9.34. The normalized spacial score (nSPS) is 20.9. The van der Waals surface area contributed by atoms with Gasteiger partial charge in [0.2, 0.25) is 5.75 Å². The lowest BCUT2D eigenvalue weighted by atomic mass is 9.81. The van der Waals surface area contributed by atoms with Gasteiger partial charge < -0.3 is 18.9 Å². The third kappa shape index (κ3) is 2.81. The summed E-state index contributed by atoms with van der Waals surface area (Å²) in [6, 6.07) is 9.38. The van der Waals surface area contributed by atoms with Crippen molar-refractivity contribution in [3.05, 3.63) is 46.5 Å². The molecular formula is C22H27NO4. The Kier molecular flexibility index (Phi) is 4.64. The first-order chi connectivity index (χ1) is 13.1. The van der Waals surface area contributed by atoms with Gasteiger partial charge in [0.05, 0.1) is 28.4 Å². The quantitative estimate of drug-likeness (QED) is 0.821. The van der Waals surface area contributed by atoms with Gasteiger partial charge in [-0.05, 0) is 54.7 Å². The van der Waals surface area contributed by atoms with Crippen LogP contribution in [0.1, 0.15) is 35.2 Å². The van der Waals surface area contributed by atoms with E-state index in [-0.39, 0.29) is 0 Å². The molecule has 144 valence electrons. The van der Waals surface area contributed by atoms with Crippen molar-refractivity contribution in [2.45, 2.75) is 38.4 Å². The molecular weight excluding hydrogens is 342 g/mol. The number of rotatable bonds is 4. The molecule has 0 aliphatic carbocycles. The highest BCUT2D eigenvalue weighted by atomic mass is 16.5. The lowest BCUT2D eigenvalue weighted by molar-refractivity contribution is 0.104. The van der Waals surface area contributed by atoms with Gasteiger partial charge in [-0.3, -0.25) is 4.90 Å². The van der Waals surface area contributed by atoms with Crippen LogP contribution in [-0.2, 0) is 19.4 Å². The Morgan fingerprint density at radius 3 is 2.30 bits per heavy atom. The zero-order valence-electron chi connectivity index (χ0n) is 16.7. The average Bonchev–Trinajstić information content (AvgIpc) is 2.70. The number of fused-ring (bicyclic) bond motifs is 4. The van der Waals surface area contributed by atoms with E-state index in [1.54, 1.807) is 28.4 Å². The third-order valence-electron chi connectivity index (χ3n) is 5.97. The minimum absolute atomic E-state index is 0.352. The fourth-order valence-corrected chi connectivity index (χ4v) is 4.64. The van der Waals surface area contributed by atoms with Crippen LogP contribution < -0.4 is 18.9 Å². The molecule has 0 aromatic heterocycles. The lowest BCUT2D eigenvalue weighted by Gasteiger charge is -2.45. The maximum atomic E-state index is 5.74. The van der Waals surface area contributed by atoms with Gasteiger partial charge in [0, 0.05) is 24.2 Å². The molecule has 4 rings (SSSR count). The van der Waals surface area contributed by atoms with Crippen LogP contribution in [0.5, 0.6) is 23.0 Å². The SMILES string of the molecule is COc1ccc2c(c1)CC(C)N1Cc3c(cc(OC)c(OC)c3OC)CC21. The number of methoxy groups -OCH3 is 4. The molecule has 2 aliphatic rings. The fraction of sp³-hybridized carbons (Fsp3) is 0.455. The van der Waals surface area contributed by atoms with Crippen molar-refractivity contribution in [1.29, 1.82) is 0 Å². The second kappa shape index (κ2) is 6.97. The summed E-state index contributed by atoms with van der Waals surface area (Å²) in [5.74, 6) is 3.11. The molecule has 0 N–H and O–H groups in total. The zero-order chi connectivity index (χ0) is 19.1. The van der Waals surface area contributed by atoms with Crippen LogP contribution in [0.2, 0.25) is 0 Å². The summed E-state index contributed by atoms with van der Waals surface area (Å²) in [6.45, 7) is 3.14. The highest BCUT2D eigenvalue weighted by Gasteiger charge is 2.38. The number of hydrogen-bond donors (Lipinski definition) is 0. The Balaban J connectivity index is 1.82. The van der Waals surface area contributed by atoms with Crippen molar-refractivity contribution in [2.24, 2.45) is 0 Å². The monoisotopic (exact) mass is 369 g/mol. The number of nitrogens with zero attached hydrogens (tertiary/aromatic N) is 1. The smallest absolute Gasteiger partial charge is 0.203 e. The molecule has 5 heteroatoms. The predicted octanol–water partition coefficient (Wildman–Crippen LogP) is 3.77. The van der Waals surface area contributed by atoms with Crippen molar-refractivity contribution < 1.29 is 18.9 Å². The van der Waals surface area contributed by atoms with E-state index in [4.69, 9.17) is 18.9 Å². The highest BCUT2D eigenvalue weighted by Crippen LogP contribution is 2.49. The minimum atomic E-state index is 0.352. The molecule has 27 heavy (non-hydrogen) atoms. The molecule has 2 aliphatic heterocycles. The lowest BCUT2D eigenvalue weighted by Crippen LogP contribution is -2.45. The van der Waals surface area contributed by atoms with Crippen molar-refractivity contribution in [2.75, 3.05) is 28.4 Å². The van der Waals surface area contributed by atoms with E-state index in [0.29, 0.717) is 17.8 Å². The van der Waals surface area contributed by atoms with Crippen molar-refractivity contribution in [1.82, 2.24) is 4.90 Å². The van der Waals surface area contributed by atoms with Crippen molar-refractivity contribution in [3.63, 3.8) is 0 Å². The molecule has 0 saturated carbocycles. The molecule has 0 bridgehead atoms. The Bertz CT molecular complexity index is 864. The van der Waals surface area contributed by atoms with Gasteiger partial charge in [-0.2, -0.15) is 0 Å². The summed E-state index contributed by atoms with van der Waals surface area (Å²) < 4.78 is 22.3. The van der Waals surface area contributed by atoms with E-state index in [1.165, 1.54) is 22.3 Å². The second-order valence-electron chi connectivity index (χ2n) is 7.29. The Morgan fingerprint density at radius 1 is 0.852 bits per heavy atom. The summed E-state index contributed by atoms with van der Waals surface area (Å²) in [5, 5.41) is 0. The van der Waals surface area contributed by atoms with Crippen molar-refractivity contribution >= 4 is 0 Å². The van der Waals surface area contributed by atoms with Crippen LogP contribution in [0, 0.1) is 0 Å². The molecule has 5 nitrogen and oxygen atoms in total. The maximum Gasteiger partial charge on any atom is 0.203 e. The van der Waals surface area contributed by atoms with Crippen LogP contribution in [0.25, 0.3) is 0 Å². The van der Waals surface area contributed by atoms with Gasteiger partial charge in [-0.1, -0.05) is 6.07 Å².